The second-order valence-electron chi connectivity index (χ2n) is 5.40. The quantitative estimate of drug-likeness (QED) is 0.734. The van der Waals surface area contributed by atoms with Crippen molar-refractivity contribution in [2.45, 2.75) is 51.5 Å². The molecule has 1 fully saturated rings. The summed E-state index contributed by atoms with van der Waals surface area (Å²) < 4.78 is 11.1. The number of rotatable bonds is 8. The Bertz CT molecular complexity index is 358. The molecule has 1 N–H and O–H groups in total. The maximum absolute atomic E-state index is 5.73. The van der Waals surface area contributed by atoms with Gasteiger partial charge in [0.1, 0.15) is 11.5 Å². The first-order valence-corrected chi connectivity index (χ1v) is 7.97. The molecule has 0 unspecified atom stereocenters. The van der Waals surface area contributed by atoms with Gasteiger partial charge >= 0.3 is 0 Å². The molecule has 1 aromatic carbocycles. The molecule has 3 heteroatoms. The van der Waals surface area contributed by atoms with E-state index < -0.39 is 0 Å². The fourth-order valence-corrected chi connectivity index (χ4v) is 2.67. The molecule has 0 spiro atoms. The van der Waals surface area contributed by atoms with Crippen LogP contribution in [0.2, 0.25) is 0 Å². The van der Waals surface area contributed by atoms with Crippen LogP contribution in [-0.2, 0) is 0 Å². The van der Waals surface area contributed by atoms with Crippen molar-refractivity contribution in [1.29, 1.82) is 0 Å². The van der Waals surface area contributed by atoms with Crippen LogP contribution in [0.5, 0.6) is 11.5 Å². The highest BCUT2D eigenvalue weighted by Gasteiger charge is 2.11. The summed E-state index contributed by atoms with van der Waals surface area (Å²) in [5.74, 6) is 1.82. The van der Waals surface area contributed by atoms with Crippen molar-refractivity contribution in [2.24, 2.45) is 0 Å². The maximum atomic E-state index is 5.73. The van der Waals surface area contributed by atoms with Gasteiger partial charge < -0.3 is 14.8 Å². The Balaban J connectivity index is 1.56. The van der Waals surface area contributed by atoms with Gasteiger partial charge in [-0.1, -0.05) is 19.3 Å². The lowest BCUT2D eigenvalue weighted by atomic mass is 9.95. The number of hydrogen-bond acceptors (Lipinski definition) is 3. The number of nitrogens with one attached hydrogen (secondary N) is 1. The predicted molar refractivity (Wildman–Crippen MR) is 82.6 cm³/mol. The summed E-state index contributed by atoms with van der Waals surface area (Å²) in [5.41, 5.74) is 0. The first-order valence-electron chi connectivity index (χ1n) is 7.97. The molecule has 0 saturated heterocycles. The highest BCUT2D eigenvalue weighted by molar-refractivity contribution is 5.31. The summed E-state index contributed by atoms with van der Waals surface area (Å²) >= 11 is 0. The van der Waals surface area contributed by atoms with Gasteiger partial charge in [0.05, 0.1) is 13.2 Å². The summed E-state index contributed by atoms with van der Waals surface area (Å²) in [6, 6.07) is 8.60. The lowest BCUT2D eigenvalue weighted by Crippen LogP contribution is -2.32. The van der Waals surface area contributed by atoms with E-state index in [-0.39, 0.29) is 0 Å². The van der Waals surface area contributed by atoms with Gasteiger partial charge in [0.25, 0.3) is 0 Å². The normalized spacial score (nSPS) is 16.1. The molecule has 2 rings (SSSR count). The smallest absolute Gasteiger partial charge is 0.119 e. The second-order valence-corrected chi connectivity index (χ2v) is 5.40. The van der Waals surface area contributed by atoms with Crippen molar-refractivity contribution in [3.8, 4) is 11.5 Å². The van der Waals surface area contributed by atoms with Gasteiger partial charge in [0.2, 0.25) is 0 Å². The van der Waals surface area contributed by atoms with Gasteiger partial charge in [-0.15, -0.1) is 0 Å². The maximum Gasteiger partial charge on any atom is 0.119 e. The van der Waals surface area contributed by atoms with Crippen LogP contribution in [0.4, 0.5) is 0 Å². The molecule has 112 valence electrons. The number of ether oxygens (including phenoxy) is 2. The van der Waals surface area contributed by atoms with Crippen molar-refractivity contribution in [3.05, 3.63) is 24.3 Å². The molecule has 3 nitrogen and oxygen atoms in total. The largest absolute Gasteiger partial charge is 0.494 e. The third kappa shape index (κ3) is 5.41. The van der Waals surface area contributed by atoms with Crippen LogP contribution in [0, 0.1) is 0 Å². The minimum atomic E-state index is 0.701. The fourth-order valence-electron chi connectivity index (χ4n) is 2.67. The summed E-state index contributed by atoms with van der Waals surface area (Å²) in [5, 5.41) is 3.63. The molecule has 1 aromatic rings. The van der Waals surface area contributed by atoms with Crippen molar-refractivity contribution in [1.82, 2.24) is 5.32 Å². The van der Waals surface area contributed by atoms with E-state index in [0.29, 0.717) is 6.61 Å². The molecule has 1 saturated carbocycles. The van der Waals surface area contributed by atoms with E-state index in [4.69, 9.17) is 9.47 Å². The summed E-state index contributed by atoms with van der Waals surface area (Å²) in [4.78, 5) is 0. The Morgan fingerprint density at radius 1 is 1.00 bits per heavy atom. The molecule has 1 aliphatic rings. The Labute approximate surface area is 122 Å². The van der Waals surface area contributed by atoms with Gasteiger partial charge in [-0.3, -0.25) is 0 Å². The molecular formula is C17H27NO2. The van der Waals surface area contributed by atoms with E-state index in [1.165, 1.54) is 32.1 Å². The van der Waals surface area contributed by atoms with Gasteiger partial charge in [0.15, 0.2) is 0 Å². The topological polar surface area (TPSA) is 30.5 Å². The monoisotopic (exact) mass is 277 g/mol. The third-order valence-electron chi connectivity index (χ3n) is 3.76. The highest BCUT2D eigenvalue weighted by Crippen LogP contribution is 2.18. The van der Waals surface area contributed by atoms with Crippen molar-refractivity contribution in [3.63, 3.8) is 0 Å². The zero-order valence-corrected chi connectivity index (χ0v) is 12.6. The summed E-state index contributed by atoms with van der Waals surface area (Å²) in [6.45, 7) is 4.52. The van der Waals surface area contributed by atoms with Crippen LogP contribution < -0.4 is 14.8 Å². The summed E-state index contributed by atoms with van der Waals surface area (Å²) in [6.07, 6.45) is 7.95. The van der Waals surface area contributed by atoms with Gasteiger partial charge in [-0.2, -0.15) is 0 Å². The lowest BCUT2D eigenvalue weighted by Gasteiger charge is -2.22. The molecule has 0 heterocycles. The molecule has 1 aliphatic carbocycles. The van der Waals surface area contributed by atoms with Crippen LogP contribution in [-0.4, -0.2) is 25.8 Å². The molecule has 0 aliphatic heterocycles. The number of hydrogen-bond donors (Lipinski definition) is 1. The predicted octanol–water partition coefficient (Wildman–Crippen LogP) is 3.78. The van der Waals surface area contributed by atoms with Gasteiger partial charge in [0, 0.05) is 6.04 Å². The molecule has 0 radical (unpaired) electrons. The molecule has 0 bridgehead atoms. The van der Waals surface area contributed by atoms with E-state index in [1.54, 1.807) is 0 Å². The standard InChI is InChI=1S/C17H27NO2/c1-2-19-16-9-11-17(12-10-16)20-14-6-13-18-15-7-4-3-5-8-15/h9-12,15,18H,2-8,13-14H2,1H3. The average molecular weight is 277 g/mol. The molecule has 0 aromatic heterocycles. The van der Waals surface area contributed by atoms with E-state index in [9.17, 15) is 0 Å². The van der Waals surface area contributed by atoms with Crippen LogP contribution in [0.15, 0.2) is 24.3 Å². The van der Waals surface area contributed by atoms with Crippen LogP contribution in [0.3, 0.4) is 0 Å². The fraction of sp³-hybridized carbons (Fsp3) is 0.647. The lowest BCUT2D eigenvalue weighted by molar-refractivity contribution is 0.295. The molecule has 20 heavy (non-hydrogen) atoms. The zero-order valence-electron chi connectivity index (χ0n) is 12.6. The van der Waals surface area contributed by atoms with Crippen LogP contribution in [0.25, 0.3) is 0 Å². The van der Waals surface area contributed by atoms with Crippen molar-refractivity contribution >= 4 is 0 Å². The van der Waals surface area contributed by atoms with E-state index in [2.05, 4.69) is 5.32 Å². The van der Waals surface area contributed by atoms with E-state index in [0.717, 1.165) is 37.1 Å². The van der Waals surface area contributed by atoms with Crippen LogP contribution >= 0.6 is 0 Å². The molecule has 0 atom stereocenters. The Kier molecular flexibility index (Phi) is 6.72. The first kappa shape index (κ1) is 15.2. The third-order valence-corrected chi connectivity index (χ3v) is 3.76. The molecule has 0 amide bonds. The van der Waals surface area contributed by atoms with Gasteiger partial charge in [-0.25, -0.2) is 0 Å². The molecular weight excluding hydrogens is 250 g/mol. The Morgan fingerprint density at radius 2 is 1.65 bits per heavy atom. The highest BCUT2D eigenvalue weighted by atomic mass is 16.5. The SMILES string of the molecule is CCOc1ccc(OCCCNC2CCCCC2)cc1. The Hall–Kier alpha value is -1.22. The zero-order chi connectivity index (χ0) is 14.0. The minimum absolute atomic E-state index is 0.701. The summed E-state index contributed by atoms with van der Waals surface area (Å²) in [7, 11) is 0. The Morgan fingerprint density at radius 3 is 2.30 bits per heavy atom. The average Bonchev–Trinajstić information content (AvgIpc) is 2.50. The first-order chi connectivity index (χ1) is 9.88. The second kappa shape index (κ2) is 8.85. The van der Waals surface area contributed by atoms with E-state index in [1.807, 2.05) is 31.2 Å². The van der Waals surface area contributed by atoms with Crippen molar-refractivity contribution < 1.29 is 9.47 Å². The number of benzene rings is 1. The van der Waals surface area contributed by atoms with Gasteiger partial charge in [-0.05, 0) is 57.0 Å². The van der Waals surface area contributed by atoms with Crippen molar-refractivity contribution in [2.75, 3.05) is 19.8 Å². The minimum Gasteiger partial charge on any atom is -0.494 e. The van der Waals surface area contributed by atoms with E-state index >= 15 is 0 Å². The van der Waals surface area contributed by atoms with Crippen LogP contribution in [0.1, 0.15) is 45.4 Å².